The van der Waals surface area contributed by atoms with Gasteiger partial charge in [0.15, 0.2) is 0 Å². The molecule has 0 aromatic heterocycles. The molecule has 0 saturated carbocycles. The van der Waals surface area contributed by atoms with Crippen LogP contribution in [0, 0.1) is 5.92 Å². The Hall–Kier alpha value is -2.57. The minimum absolute atomic E-state index is 0.0685. The van der Waals surface area contributed by atoms with E-state index in [0.29, 0.717) is 5.69 Å². The molecule has 0 bridgehead atoms. The van der Waals surface area contributed by atoms with Crippen LogP contribution in [0.5, 0.6) is 0 Å². The Bertz CT molecular complexity index is 470. The number of nitrogens with one attached hydrogen (secondary N) is 2. The summed E-state index contributed by atoms with van der Waals surface area (Å²) >= 11 is 0. The number of amides is 2. The Morgan fingerprint density at radius 2 is 2.05 bits per heavy atom. The van der Waals surface area contributed by atoms with E-state index in [2.05, 4.69) is 15.7 Å². The summed E-state index contributed by atoms with van der Waals surface area (Å²) in [5.41, 5.74) is 1.41. The van der Waals surface area contributed by atoms with E-state index in [0.717, 1.165) is 5.56 Å². The summed E-state index contributed by atoms with van der Waals surface area (Å²) in [4.78, 5) is 22.1. The molecule has 0 spiro atoms. The Labute approximate surface area is 110 Å². The predicted octanol–water partition coefficient (Wildman–Crippen LogP) is 0.821. The van der Waals surface area contributed by atoms with E-state index in [1.165, 1.54) is 13.1 Å². The number of carbonyl (C=O) groups is 2. The molecule has 19 heavy (non-hydrogen) atoms. The molecule has 1 unspecified atom stereocenters. The number of aliphatic carboxylic acids is 1. The fraction of sp³-hybridized carbons (Fsp3) is 0.250. The molecule has 0 saturated heterocycles. The number of rotatable bonds is 5. The summed E-state index contributed by atoms with van der Waals surface area (Å²) in [6.45, 7) is 1.59. The average Bonchev–Trinajstić information content (AvgIpc) is 2.38. The van der Waals surface area contributed by atoms with Crippen LogP contribution in [0.25, 0.3) is 0 Å². The molecule has 5 N–H and O–H groups in total. The Morgan fingerprint density at radius 3 is 2.58 bits per heavy atom. The molecule has 0 aliphatic carbocycles. The largest absolute Gasteiger partial charge is 0.481 e. The maximum atomic E-state index is 11.5. The van der Waals surface area contributed by atoms with E-state index in [1.807, 2.05) is 0 Å². The van der Waals surface area contributed by atoms with Crippen LogP contribution in [-0.2, 0) is 4.79 Å². The van der Waals surface area contributed by atoms with Gasteiger partial charge in [-0.25, -0.2) is 4.79 Å². The second-order valence-corrected chi connectivity index (χ2v) is 3.97. The number of hydrogen-bond acceptors (Lipinski definition) is 4. The summed E-state index contributed by atoms with van der Waals surface area (Å²) in [6, 6.07) is 6.42. The van der Waals surface area contributed by atoms with Gasteiger partial charge in [0.2, 0.25) is 0 Å². The van der Waals surface area contributed by atoms with Crippen molar-refractivity contribution in [3.63, 3.8) is 0 Å². The number of carboxylic acids is 1. The lowest BCUT2D eigenvalue weighted by Crippen LogP contribution is -2.34. The number of carboxylic acid groups (broad SMARTS) is 1. The highest BCUT2D eigenvalue weighted by molar-refractivity contribution is 5.90. The van der Waals surface area contributed by atoms with E-state index >= 15 is 0 Å². The van der Waals surface area contributed by atoms with Gasteiger partial charge in [0, 0.05) is 12.2 Å². The van der Waals surface area contributed by atoms with Gasteiger partial charge in [0.25, 0.3) is 0 Å². The Balaban J connectivity index is 2.46. The Kier molecular flexibility index (Phi) is 5.34. The minimum atomic E-state index is -0.953. The third-order valence-electron chi connectivity index (χ3n) is 2.38. The zero-order chi connectivity index (χ0) is 14.3. The first kappa shape index (κ1) is 14.5. The number of hydrogen-bond donors (Lipinski definition) is 4. The number of carbonyl (C=O) groups excluding carboxylic acids is 1. The first-order valence-corrected chi connectivity index (χ1v) is 5.64. The van der Waals surface area contributed by atoms with Crippen LogP contribution >= 0.6 is 0 Å². The van der Waals surface area contributed by atoms with Crippen molar-refractivity contribution in [1.82, 2.24) is 5.32 Å². The van der Waals surface area contributed by atoms with Crippen LogP contribution in [0.1, 0.15) is 12.5 Å². The lowest BCUT2D eigenvalue weighted by atomic mass is 10.2. The van der Waals surface area contributed by atoms with Crippen molar-refractivity contribution in [2.45, 2.75) is 6.92 Å². The second-order valence-electron chi connectivity index (χ2n) is 3.97. The number of benzene rings is 1. The number of nitrogens with two attached hydrogens (primary N) is 1. The van der Waals surface area contributed by atoms with Crippen LogP contribution < -0.4 is 16.5 Å². The molecule has 0 heterocycles. The molecule has 7 nitrogen and oxygen atoms in total. The molecule has 7 heteroatoms. The van der Waals surface area contributed by atoms with Gasteiger partial charge in [-0.15, -0.1) is 0 Å². The van der Waals surface area contributed by atoms with E-state index in [1.54, 1.807) is 24.3 Å². The van der Waals surface area contributed by atoms with Gasteiger partial charge in [-0.05, 0) is 17.7 Å². The van der Waals surface area contributed by atoms with Crippen LogP contribution in [0.2, 0.25) is 0 Å². The number of hydrazone groups is 1. The summed E-state index contributed by atoms with van der Waals surface area (Å²) in [6.07, 6.45) is 1.48. The molecule has 0 fully saturated rings. The monoisotopic (exact) mass is 264 g/mol. The topological polar surface area (TPSA) is 117 Å². The van der Waals surface area contributed by atoms with Crippen LogP contribution in [0.15, 0.2) is 29.4 Å². The zero-order valence-electron chi connectivity index (χ0n) is 10.5. The molecule has 2 amide bonds. The molecule has 0 aliphatic rings. The zero-order valence-corrected chi connectivity index (χ0v) is 10.5. The van der Waals surface area contributed by atoms with Gasteiger partial charge in [-0.2, -0.15) is 5.10 Å². The molecule has 1 atom stereocenters. The highest BCUT2D eigenvalue weighted by Crippen LogP contribution is 2.07. The third kappa shape index (κ3) is 5.07. The van der Waals surface area contributed by atoms with Crippen LogP contribution in [0.3, 0.4) is 0 Å². The van der Waals surface area contributed by atoms with Gasteiger partial charge in [-0.1, -0.05) is 19.1 Å². The van der Waals surface area contributed by atoms with Crippen molar-refractivity contribution in [2.75, 3.05) is 11.9 Å². The van der Waals surface area contributed by atoms with Gasteiger partial charge in [0.05, 0.1) is 12.1 Å². The van der Waals surface area contributed by atoms with Crippen molar-refractivity contribution in [3.8, 4) is 0 Å². The van der Waals surface area contributed by atoms with Crippen LogP contribution in [0.4, 0.5) is 10.5 Å². The highest BCUT2D eigenvalue weighted by Gasteiger charge is 2.11. The van der Waals surface area contributed by atoms with Gasteiger partial charge >= 0.3 is 12.0 Å². The van der Waals surface area contributed by atoms with E-state index < -0.39 is 17.9 Å². The molecule has 102 valence electrons. The molecule has 0 radical (unpaired) electrons. The fourth-order valence-corrected chi connectivity index (χ4v) is 1.25. The lowest BCUT2D eigenvalue weighted by molar-refractivity contribution is -0.140. The molecular weight excluding hydrogens is 248 g/mol. The van der Waals surface area contributed by atoms with E-state index in [-0.39, 0.29) is 6.54 Å². The van der Waals surface area contributed by atoms with Gasteiger partial charge in [0.1, 0.15) is 0 Å². The number of nitrogens with zero attached hydrogens (tertiary/aromatic N) is 1. The number of anilines is 1. The maximum Gasteiger partial charge on any atom is 0.319 e. The standard InChI is InChI=1S/C12H16N4O3/c1-8(11(17)18)6-14-12(19)16-10-4-2-9(3-5-10)7-15-13/h2-5,7-8H,6,13H2,1H3,(H,17,18)(H2,14,16,19). The normalized spacial score (nSPS) is 12.1. The summed E-state index contributed by atoms with van der Waals surface area (Å²) in [5, 5.41) is 17.1. The summed E-state index contributed by atoms with van der Waals surface area (Å²) in [7, 11) is 0. The molecule has 1 aromatic rings. The summed E-state index contributed by atoms with van der Waals surface area (Å²) in [5.74, 6) is 3.43. The lowest BCUT2D eigenvalue weighted by Gasteiger charge is -2.09. The minimum Gasteiger partial charge on any atom is -0.481 e. The Morgan fingerprint density at radius 1 is 1.42 bits per heavy atom. The van der Waals surface area contributed by atoms with E-state index in [9.17, 15) is 9.59 Å². The second kappa shape index (κ2) is 7.00. The van der Waals surface area contributed by atoms with Crippen molar-refractivity contribution < 1.29 is 14.7 Å². The summed E-state index contributed by atoms with van der Waals surface area (Å²) < 4.78 is 0. The van der Waals surface area contributed by atoms with Crippen molar-refractivity contribution in [3.05, 3.63) is 29.8 Å². The first-order valence-electron chi connectivity index (χ1n) is 5.64. The van der Waals surface area contributed by atoms with Gasteiger partial charge < -0.3 is 21.6 Å². The quantitative estimate of drug-likeness (QED) is 0.358. The van der Waals surface area contributed by atoms with Crippen molar-refractivity contribution >= 4 is 23.9 Å². The number of urea groups is 1. The SMILES string of the molecule is CC(CNC(=O)Nc1ccc(C=NN)cc1)C(=O)O. The average molecular weight is 264 g/mol. The van der Waals surface area contributed by atoms with Gasteiger partial charge in [-0.3, -0.25) is 4.79 Å². The smallest absolute Gasteiger partial charge is 0.319 e. The fourth-order valence-electron chi connectivity index (χ4n) is 1.25. The molecule has 0 aliphatic heterocycles. The van der Waals surface area contributed by atoms with Crippen LogP contribution in [-0.4, -0.2) is 29.9 Å². The molecule has 1 rings (SSSR count). The highest BCUT2D eigenvalue weighted by atomic mass is 16.4. The molecular formula is C12H16N4O3. The predicted molar refractivity (Wildman–Crippen MR) is 72.0 cm³/mol. The first-order chi connectivity index (χ1) is 9.02. The molecule has 1 aromatic carbocycles. The third-order valence-corrected chi connectivity index (χ3v) is 2.38. The van der Waals surface area contributed by atoms with Crippen molar-refractivity contribution in [1.29, 1.82) is 0 Å². The van der Waals surface area contributed by atoms with E-state index in [4.69, 9.17) is 10.9 Å². The van der Waals surface area contributed by atoms with Crippen molar-refractivity contribution in [2.24, 2.45) is 16.9 Å². The maximum absolute atomic E-state index is 11.5.